The number of nitrogens with two attached hydrogens (primary N) is 1. The highest BCUT2D eigenvalue weighted by molar-refractivity contribution is 6.10. The molecule has 4 N–H and O–H groups in total. The average Bonchev–Trinajstić information content (AvgIpc) is 3.23. The first-order chi connectivity index (χ1) is 14.2. The molecule has 0 aromatic heterocycles. The van der Waals surface area contributed by atoms with Crippen LogP contribution in [0.25, 0.3) is 0 Å². The summed E-state index contributed by atoms with van der Waals surface area (Å²) in [5, 5.41) is 5.80. The summed E-state index contributed by atoms with van der Waals surface area (Å²) in [6.07, 6.45) is 2.81. The molecule has 30 heavy (non-hydrogen) atoms. The number of nitrogens with one attached hydrogen (secondary N) is 2. The second-order valence-corrected chi connectivity index (χ2v) is 7.38. The van der Waals surface area contributed by atoms with Gasteiger partial charge in [0, 0.05) is 17.7 Å². The summed E-state index contributed by atoms with van der Waals surface area (Å²) in [6.45, 7) is 1.49. The molecule has 1 heterocycles. The summed E-state index contributed by atoms with van der Waals surface area (Å²) < 4.78 is 11.1. The molecule has 160 valence electrons. The van der Waals surface area contributed by atoms with E-state index in [2.05, 4.69) is 10.6 Å². The molecule has 1 aliphatic heterocycles. The lowest BCUT2D eigenvalue weighted by Crippen LogP contribution is -2.30. The molecule has 4 rings (SSSR count). The number of carbonyl (C=O) groups is 2. The number of fused-ring (bicyclic) bond motifs is 1. The molecule has 1 aliphatic carbocycles. The number of rotatable bonds is 5. The van der Waals surface area contributed by atoms with Gasteiger partial charge < -0.3 is 25.8 Å². The van der Waals surface area contributed by atoms with Crippen molar-refractivity contribution in [1.82, 2.24) is 0 Å². The van der Waals surface area contributed by atoms with E-state index in [1.807, 2.05) is 0 Å². The number of halogens is 1. The van der Waals surface area contributed by atoms with Crippen molar-refractivity contribution in [2.45, 2.75) is 19.3 Å². The minimum atomic E-state index is -0.306. The molecule has 7 nitrogen and oxygen atoms in total. The highest BCUT2D eigenvalue weighted by Gasteiger charge is 2.32. The van der Waals surface area contributed by atoms with E-state index in [0.717, 1.165) is 19.3 Å². The van der Waals surface area contributed by atoms with Crippen LogP contribution in [0.15, 0.2) is 42.5 Å². The number of amides is 2. The van der Waals surface area contributed by atoms with Crippen molar-refractivity contribution in [1.29, 1.82) is 0 Å². The molecule has 0 bridgehead atoms. The highest BCUT2D eigenvalue weighted by atomic mass is 35.5. The molecule has 0 radical (unpaired) electrons. The lowest BCUT2D eigenvalue weighted by atomic mass is 9.95. The topological polar surface area (TPSA) is 103 Å². The summed E-state index contributed by atoms with van der Waals surface area (Å²) in [7, 11) is 0. The summed E-state index contributed by atoms with van der Waals surface area (Å²) in [6, 6.07) is 12.3. The average molecular weight is 432 g/mol. The van der Waals surface area contributed by atoms with Crippen LogP contribution in [0.5, 0.6) is 11.5 Å². The van der Waals surface area contributed by atoms with Crippen LogP contribution < -0.4 is 25.8 Å². The maximum atomic E-state index is 12.9. The van der Waals surface area contributed by atoms with Gasteiger partial charge in [-0.15, -0.1) is 12.4 Å². The Morgan fingerprint density at radius 2 is 1.77 bits per heavy atom. The zero-order valence-corrected chi connectivity index (χ0v) is 17.4. The van der Waals surface area contributed by atoms with Crippen LogP contribution in [0.2, 0.25) is 0 Å². The number of hydrogen-bond donors (Lipinski definition) is 3. The molecule has 0 spiro atoms. The smallest absolute Gasteiger partial charge is 0.257 e. The Hall–Kier alpha value is -2.77. The van der Waals surface area contributed by atoms with E-state index in [-0.39, 0.29) is 36.1 Å². The molecule has 2 aliphatic rings. The van der Waals surface area contributed by atoms with Crippen LogP contribution in [0.3, 0.4) is 0 Å². The predicted octanol–water partition coefficient (Wildman–Crippen LogP) is 3.45. The molecule has 2 amide bonds. The van der Waals surface area contributed by atoms with Crippen molar-refractivity contribution in [3.63, 3.8) is 0 Å². The first-order valence-corrected chi connectivity index (χ1v) is 9.96. The van der Waals surface area contributed by atoms with Gasteiger partial charge in [0.2, 0.25) is 5.91 Å². The van der Waals surface area contributed by atoms with Crippen LogP contribution >= 0.6 is 12.4 Å². The van der Waals surface area contributed by atoms with Crippen LogP contribution in [-0.2, 0) is 4.79 Å². The Labute approximate surface area is 181 Å². The largest absolute Gasteiger partial charge is 0.486 e. The van der Waals surface area contributed by atoms with Gasteiger partial charge in [0.25, 0.3) is 5.91 Å². The molecule has 1 fully saturated rings. The number of benzene rings is 2. The standard InChI is InChI=1S/C22H25N3O4.ClH/c23-13-14-4-3-6-16(14)21(26)25-18-7-2-1-5-17(18)22(27)24-15-8-9-19-20(12-15)29-11-10-28-19;/h1-2,5,7-9,12,14,16H,3-4,6,10-11,13,23H2,(H,24,27)(H,25,26);1H/t14-,16-;/m1./s1. The fraction of sp³-hybridized carbons (Fsp3) is 0.364. The number of anilines is 2. The fourth-order valence-corrected chi connectivity index (χ4v) is 4.00. The Morgan fingerprint density at radius 1 is 1.00 bits per heavy atom. The summed E-state index contributed by atoms with van der Waals surface area (Å²) in [4.78, 5) is 25.6. The van der Waals surface area contributed by atoms with Gasteiger partial charge in [0.15, 0.2) is 11.5 Å². The molecule has 1 saturated carbocycles. The highest BCUT2D eigenvalue weighted by Crippen LogP contribution is 2.34. The third-order valence-corrected chi connectivity index (χ3v) is 5.53. The summed E-state index contributed by atoms with van der Waals surface area (Å²) in [5.41, 5.74) is 7.30. The molecule has 8 heteroatoms. The Balaban J connectivity index is 0.00000256. The van der Waals surface area contributed by atoms with E-state index in [1.165, 1.54) is 0 Å². The minimum Gasteiger partial charge on any atom is -0.486 e. The first-order valence-electron chi connectivity index (χ1n) is 9.96. The van der Waals surface area contributed by atoms with Crippen molar-refractivity contribution < 1.29 is 19.1 Å². The van der Waals surface area contributed by atoms with Crippen LogP contribution in [0.1, 0.15) is 29.6 Å². The maximum Gasteiger partial charge on any atom is 0.257 e. The van der Waals surface area contributed by atoms with Gasteiger partial charge >= 0.3 is 0 Å². The van der Waals surface area contributed by atoms with Crippen molar-refractivity contribution >= 4 is 35.6 Å². The zero-order valence-electron chi connectivity index (χ0n) is 16.6. The monoisotopic (exact) mass is 431 g/mol. The van der Waals surface area contributed by atoms with Gasteiger partial charge in [-0.3, -0.25) is 9.59 Å². The van der Waals surface area contributed by atoms with Gasteiger partial charge in [-0.2, -0.15) is 0 Å². The van der Waals surface area contributed by atoms with E-state index < -0.39 is 0 Å². The lowest BCUT2D eigenvalue weighted by Gasteiger charge is -2.20. The minimum absolute atomic E-state index is 0. The van der Waals surface area contributed by atoms with Crippen LogP contribution in [0, 0.1) is 11.8 Å². The van der Waals surface area contributed by atoms with E-state index in [4.69, 9.17) is 15.2 Å². The zero-order chi connectivity index (χ0) is 20.2. The summed E-state index contributed by atoms with van der Waals surface area (Å²) in [5.74, 6) is 0.983. The Bertz CT molecular complexity index is 921. The van der Waals surface area contributed by atoms with Crippen molar-refractivity contribution in [3.8, 4) is 11.5 Å². The number of carbonyl (C=O) groups excluding carboxylic acids is 2. The van der Waals surface area contributed by atoms with Crippen LogP contribution in [0.4, 0.5) is 11.4 Å². The number of para-hydroxylation sites is 1. The van der Waals surface area contributed by atoms with Crippen LogP contribution in [-0.4, -0.2) is 31.6 Å². The summed E-state index contributed by atoms with van der Waals surface area (Å²) >= 11 is 0. The maximum absolute atomic E-state index is 12.9. The number of ether oxygens (including phenoxy) is 2. The second kappa shape index (κ2) is 9.82. The van der Waals surface area contributed by atoms with E-state index >= 15 is 0 Å². The molecule has 2 atom stereocenters. The Kier molecular flexibility index (Phi) is 7.18. The van der Waals surface area contributed by atoms with Gasteiger partial charge in [-0.1, -0.05) is 18.6 Å². The van der Waals surface area contributed by atoms with Gasteiger partial charge in [0.1, 0.15) is 13.2 Å². The van der Waals surface area contributed by atoms with Gasteiger partial charge in [0.05, 0.1) is 11.3 Å². The van der Waals surface area contributed by atoms with Gasteiger partial charge in [-0.25, -0.2) is 0 Å². The van der Waals surface area contributed by atoms with E-state index in [9.17, 15) is 9.59 Å². The lowest BCUT2D eigenvalue weighted by molar-refractivity contribution is -0.120. The quantitative estimate of drug-likeness (QED) is 0.672. The first kappa shape index (κ1) is 21.9. The Morgan fingerprint density at radius 3 is 2.57 bits per heavy atom. The van der Waals surface area contributed by atoms with Crippen molar-refractivity contribution in [3.05, 3.63) is 48.0 Å². The third kappa shape index (κ3) is 4.68. The molecule has 2 aromatic carbocycles. The van der Waals surface area contributed by atoms with E-state index in [1.54, 1.807) is 42.5 Å². The molecule has 0 saturated heterocycles. The third-order valence-electron chi connectivity index (χ3n) is 5.53. The molecular weight excluding hydrogens is 406 g/mol. The predicted molar refractivity (Wildman–Crippen MR) is 118 cm³/mol. The molecule has 2 aromatic rings. The van der Waals surface area contributed by atoms with Gasteiger partial charge in [-0.05, 0) is 49.6 Å². The van der Waals surface area contributed by atoms with Crippen molar-refractivity contribution in [2.24, 2.45) is 17.6 Å². The molecule has 0 unspecified atom stereocenters. The second-order valence-electron chi connectivity index (χ2n) is 7.38. The van der Waals surface area contributed by atoms with Crippen molar-refractivity contribution in [2.75, 3.05) is 30.4 Å². The SMILES string of the molecule is Cl.NC[C@H]1CCC[C@H]1C(=O)Nc1ccccc1C(=O)Nc1ccc2c(c1)OCCO2. The van der Waals surface area contributed by atoms with E-state index in [0.29, 0.717) is 48.2 Å². The normalized spacial score (nSPS) is 19.5. The number of hydrogen-bond acceptors (Lipinski definition) is 5. The molecular formula is C22H26ClN3O4. The fourth-order valence-electron chi connectivity index (χ4n) is 4.00.